The summed E-state index contributed by atoms with van der Waals surface area (Å²) in [4.78, 5) is 17.7. The van der Waals surface area contributed by atoms with Gasteiger partial charge in [-0.2, -0.15) is 0 Å². The average Bonchev–Trinajstić information content (AvgIpc) is 2.96. The van der Waals surface area contributed by atoms with E-state index in [-0.39, 0.29) is 17.8 Å². The quantitative estimate of drug-likeness (QED) is 0.606. The van der Waals surface area contributed by atoms with E-state index in [4.69, 9.17) is 4.84 Å². The minimum atomic E-state index is -3.66. The molecule has 26 heavy (non-hydrogen) atoms. The highest BCUT2D eigenvalue weighted by atomic mass is 32.2. The van der Waals surface area contributed by atoms with Gasteiger partial charge < -0.3 is 4.84 Å². The molecule has 9 heteroatoms. The summed E-state index contributed by atoms with van der Waals surface area (Å²) in [6, 6.07) is 4.31. The summed E-state index contributed by atoms with van der Waals surface area (Å²) in [7, 11) is -3.66. The molecule has 0 aliphatic rings. The molecular weight excluding hydrogens is 356 g/mol. The van der Waals surface area contributed by atoms with Crippen LogP contribution in [0.3, 0.4) is 0 Å². The van der Waals surface area contributed by atoms with Crippen LogP contribution in [0.2, 0.25) is 0 Å². The number of benzene rings is 1. The number of carbonyl (C=O) groups excluding carboxylic acids is 1. The summed E-state index contributed by atoms with van der Waals surface area (Å²) < 4.78 is 27.1. The molecule has 0 unspecified atom stereocenters. The first-order chi connectivity index (χ1) is 12.2. The molecule has 1 aromatic carbocycles. The number of nitrogens with zero attached hydrogens (tertiary/aromatic N) is 3. The van der Waals surface area contributed by atoms with Gasteiger partial charge in [0, 0.05) is 14.0 Å². The summed E-state index contributed by atoms with van der Waals surface area (Å²) in [6.45, 7) is 11.7. The van der Waals surface area contributed by atoms with E-state index in [2.05, 4.69) is 15.0 Å². The Labute approximate surface area is 155 Å². The Bertz CT molecular complexity index is 887. The Kier molecular flexibility index (Phi) is 7.91. The fourth-order valence-corrected chi connectivity index (χ4v) is 3.05. The second-order valence-electron chi connectivity index (χ2n) is 5.99. The first-order valence-corrected chi connectivity index (χ1v) is 9.89. The van der Waals surface area contributed by atoms with Crippen molar-refractivity contribution in [2.45, 2.75) is 46.4 Å². The van der Waals surface area contributed by atoms with Crippen LogP contribution in [0, 0.1) is 5.92 Å². The van der Waals surface area contributed by atoms with Gasteiger partial charge >= 0.3 is 5.97 Å². The van der Waals surface area contributed by atoms with Crippen molar-refractivity contribution in [2.24, 2.45) is 5.92 Å². The van der Waals surface area contributed by atoms with Crippen LogP contribution in [0.1, 0.15) is 43.0 Å². The third-order valence-corrected chi connectivity index (χ3v) is 4.38. The van der Waals surface area contributed by atoms with E-state index in [0.29, 0.717) is 12.1 Å². The monoisotopic (exact) mass is 384 g/mol. The summed E-state index contributed by atoms with van der Waals surface area (Å²) in [5, 5.41) is 7.57. The van der Waals surface area contributed by atoms with E-state index in [1.807, 2.05) is 27.7 Å². The molecule has 0 aliphatic carbocycles. The van der Waals surface area contributed by atoms with Crippen molar-refractivity contribution in [3.05, 3.63) is 29.8 Å². The maximum atomic E-state index is 12.3. The fourth-order valence-electron chi connectivity index (χ4n) is 1.82. The first kappa shape index (κ1) is 21.8. The molecule has 0 bridgehead atoms. The van der Waals surface area contributed by atoms with Gasteiger partial charge in [0.25, 0.3) is 0 Å². The largest absolute Gasteiger partial charge is 0.358 e. The number of hydrogen-bond donors (Lipinski definition) is 1. The van der Waals surface area contributed by atoms with Gasteiger partial charge in [-0.05, 0) is 43.2 Å². The van der Waals surface area contributed by atoms with Crippen molar-refractivity contribution in [1.29, 1.82) is 0 Å². The molecule has 146 valence electrons. The standard InChI is InChI=1S/C15H20N4O4S.C2H6.H2/c1-10(2)7-15(20)23-19-14-8-12(5-6-13(14)17-18-19)24(21,22)16-9-11(3)4;1-2;/h5-8,11,16H,9H2,1-4H3;1-2H3;1H. The molecule has 0 fully saturated rings. The van der Waals surface area contributed by atoms with Crippen molar-refractivity contribution >= 4 is 27.0 Å². The normalized spacial score (nSPS) is 11.0. The van der Waals surface area contributed by atoms with Crippen molar-refractivity contribution in [1.82, 2.24) is 19.9 Å². The van der Waals surface area contributed by atoms with Crippen LogP contribution >= 0.6 is 0 Å². The SMILES string of the molecule is CC.CC(C)=CC(=O)On1nnc2ccc(S(=O)(=O)NCC(C)C)cc21.[HH]. The molecule has 2 aromatic rings. The average molecular weight is 385 g/mol. The highest BCUT2D eigenvalue weighted by molar-refractivity contribution is 7.89. The molecule has 0 atom stereocenters. The number of aromatic nitrogens is 3. The number of hydrogen-bond acceptors (Lipinski definition) is 6. The van der Waals surface area contributed by atoms with Crippen LogP contribution in [0.4, 0.5) is 0 Å². The number of sulfonamides is 1. The number of fused-ring (bicyclic) bond motifs is 1. The van der Waals surface area contributed by atoms with Crippen molar-refractivity contribution in [3.63, 3.8) is 0 Å². The van der Waals surface area contributed by atoms with Gasteiger partial charge in [0.2, 0.25) is 10.0 Å². The highest BCUT2D eigenvalue weighted by Gasteiger charge is 2.17. The summed E-state index contributed by atoms with van der Waals surface area (Å²) in [5.74, 6) is -0.436. The number of carbonyl (C=O) groups is 1. The number of rotatable bonds is 6. The highest BCUT2D eigenvalue weighted by Crippen LogP contribution is 2.17. The molecule has 0 saturated carbocycles. The van der Waals surface area contributed by atoms with Gasteiger partial charge in [0.1, 0.15) is 11.0 Å². The molecule has 1 heterocycles. The summed E-state index contributed by atoms with van der Waals surface area (Å²) in [6.07, 6.45) is 1.30. The van der Waals surface area contributed by atoms with E-state index in [1.54, 1.807) is 13.8 Å². The van der Waals surface area contributed by atoms with Crippen LogP contribution in [0.15, 0.2) is 34.7 Å². The minimum absolute atomic E-state index is 0. The van der Waals surface area contributed by atoms with Gasteiger partial charge in [-0.1, -0.05) is 38.1 Å². The zero-order chi connectivity index (χ0) is 19.9. The van der Waals surface area contributed by atoms with Gasteiger partial charge in [0.05, 0.1) is 4.90 Å². The van der Waals surface area contributed by atoms with E-state index in [1.165, 1.54) is 24.3 Å². The van der Waals surface area contributed by atoms with Gasteiger partial charge in [-0.25, -0.2) is 17.9 Å². The number of allylic oxidation sites excluding steroid dienone is 1. The van der Waals surface area contributed by atoms with E-state index in [0.717, 1.165) is 10.4 Å². The van der Waals surface area contributed by atoms with E-state index >= 15 is 0 Å². The molecule has 8 nitrogen and oxygen atoms in total. The molecular formula is C17H28N4O4S. The molecule has 1 aromatic heterocycles. The maximum Gasteiger partial charge on any atom is 0.358 e. The molecule has 0 aliphatic heterocycles. The maximum absolute atomic E-state index is 12.3. The lowest BCUT2D eigenvalue weighted by atomic mass is 10.2. The van der Waals surface area contributed by atoms with Gasteiger partial charge in [-0.3, -0.25) is 0 Å². The predicted octanol–water partition coefficient (Wildman–Crippen LogP) is 2.56. The molecule has 0 radical (unpaired) electrons. The Balaban J connectivity index is 0.00000218. The molecule has 0 spiro atoms. The first-order valence-electron chi connectivity index (χ1n) is 8.41. The number of nitrogens with one attached hydrogen (secondary N) is 1. The Hall–Kier alpha value is -2.26. The Morgan fingerprint density at radius 1 is 1.35 bits per heavy atom. The Morgan fingerprint density at radius 2 is 2.00 bits per heavy atom. The lowest BCUT2D eigenvalue weighted by Crippen LogP contribution is -2.27. The molecule has 2 rings (SSSR count). The third-order valence-electron chi connectivity index (χ3n) is 2.96. The smallest absolute Gasteiger partial charge is 0.312 e. The van der Waals surface area contributed by atoms with Crippen LogP contribution in [0.5, 0.6) is 0 Å². The lowest BCUT2D eigenvalue weighted by molar-refractivity contribution is -0.139. The van der Waals surface area contributed by atoms with E-state index in [9.17, 15) is 13.2 Å². The van der Waals surface area contributed by atoms with Crippen LogP contribution in [-0.4, -0.2) is 36.1 Å². The second-order valence-corrected chi connectivity index (χ2v) is 7.76. The van der Waals surface area contributed by atoms with Crippen molar-refractivity contribution in [2.75, 3.05) is 6.54 Å². The van der Waals surface area contributed by atoms with E-state index < -0.39 is 16.0 Å². The summed E-state index contributed by atoms with van der Waals surface area (Å²) >= 11 is 0. The molecule has 0 saturated heterocycles. The van der Waals surface area contributed by atoms with Gasteiger partial charge in [0.15, 0.2) is 0 Å². The lowest BCUT2D eigenvalue weighted by Gasteiger charge is -2.09. The van der Waals surface area contributed by atoms with Crippen LogP contribution in [-0.2, 0) is 14.8 Å². The van der Waals surface area contributed by atoms with Crippen molar-refractivity contribution in [3.8, 4) is 0 Å². The predicted molar refractivity (Wildman–Crippen MR) is 102 cm³/mol. The minimum Gasteiger partial charge on any atom is -0.312 e. The second kappa shape index (κ2) is 9.44. The van der Waals surface area contributed by atoms with Gasteiger partial charge in [-0.15, -0.1) is 5.10 Å². The fraction of sp³-hybridized carbons (Fsp3) is 0.471. The van der Waals surface area contributed by atoms with Crippen molar-refractivity contribution < 1.29 is 19.5 Å². The Morgan fingerprint density at radius 3 is 2.58 bits per heavy atom. The molecule has 1 N–H and O–H groups in total. The molecule has 0 amide bonds. The zero-order valence-corrected chi connectivity index (χ0v) is 16.8. The van der Waals surface area contributed by atoms with Crippen LogP contribution in [0.25, 0.3) is 11.0 Å². The summed E-state index contributed by atoms with van der Waals surface area (Å²) in [5.41, 5.74) is 1.48. The zero-order valence-electron chi connectivity index (χ0n) is 16.0. The van der Waals surface area contributed by atoms with Crippen LogP contribution < -0.4 is 9.56 Å². The third kappa shape index (κ3) is 5.92. The topological polar surface area (TPSA) is 103 Å².